The number of hydrogen-bond donors (Lipinski definition) is 2. The number of fused-ring (bicyclic) bond motifs is 1. The molecule has 0 aliphatic heterocycles. The van der Waals surface area contributed by atoms with E-state index in [0.29, 0.717) is 34.5 Å². The number of likely N-dealkylation sites (N-methyl/N-ethyl adjacent to an activating group) is 1. The molecule has 0 saturated heterocycles. The number of nitrogens with one attached hydrogen (secondary N) is 2. The van der Waals surface area contributed by atoms with Gasteiger partial charge >= 0.3 is 0 Å². The van der Waals surface area contributed by atoms with Crippen molar-refractivity contribution in [3.63, 3.8) is 0 Å². The lowest BCUT2D eigenvalue weighted by Crippen LogP contribution is -2.24. The highest BCUT2D eigenvalue weighted by atomic mass is 35.5. The molecule has 0 unspecified atom stereocenters. The molecule has 52 heavy (non-hydrogen) atoms. The van der Waals surface area contributed by atoms with Crippen LogP contribution in [-0.2, 0) is 22.6 Å². The van der Waals surface area contributed by atoms with E-state index in [2.05, 4.69) is 22.2 Å². The van der Waals surface area contributed by atoms with Crippen LogP contribution in [0, 0.1) is 6.92 Å². The quantitative estimate of drug-likeness (QED) is 0.113. The fraction of sp³-hybridized carbons (Fsp3) is 0.205. The Morgan fingerprint density at radius 2 is 1.73 bits per heavy atom. The molecule has 0 aliphatic carbocycles. The van der Waals surface area contributed by atoms with Crippen LogP contribution in [0.25, 0.3) is 22.2 Å². The van der Waals surface area contributed by atoms with Gasteiger partial charge < -0.3 is 25.0 Å². The Morgan fingerprint density at radius 1 is 1.02 bits per heavy atom. The number of pyridine rings is 1. The highest BCUT2D eigenvalue weighted by Crippen LogP contribution is 2.45. The number of nitrogens with zero attached hydrogens (tertiary/aromatic N) is 4. The van der Waals surface area contributed by atoms with Crippen molar-refractivity contribution in [2.24, 2.45) is 0 Å². The molecule has 0 aliphatic rings. The average Bonchev–Trinajstić information content (AvgIpc) is 3.11. The van der Waals surface area contributed by atoms with Gasteiger partial charge in [0.25, 0.3) is 5.56 Å². The Kier molecular flexibility index (Phi) is 12.1. The van der Waals surface area contributed by atoms with Gasteiger partial charge in [0.05, 0.1) is 36.4 Å². The van der Waals surface area contributed by atoms with Crippen molar-refractivity contribution < 1.29 is 19.1 Å². The third kappa shape index (κ3) is 8.51. The summed E-state index contributed by atoms with van der Waals surface area (Å²) in [5, 5.41) is 6.91. The van der Waals surface area contributed by atoms with Crippen molar-refractivity contribution in [2.45, 2.75) is 19.9 Å². The van der Waals surface area contributed by atoms with E-state index in [-0.39, 0.29) is 63.3 Å². The molecule has 0 fully saturated rings. The number of allylic oxidation sites excluding steroid dienone is 1. The summed E-state index contributed by atoms with van der Waals surface area (Å²) in [6.45, 7) is 6.17. The summed E-state index contributed by atoms with van der Waals surface area (Å²) in [5.74, 6) is 0.330. The first-order chi connectivity index (χ1) is 24.9. The van der Waals surface area contributed by atoms with E-state index < -0.39 is 5.56 Å². The van der Waals surface area contributed by atoms with Gasteiger partial charge in [-0.15, -0.1) is 0 Å². The SMILES string of the molecule is C=CC(=O)Cc1cccc(C)c1Nc1ncc2cc(-c3c(Cl)c(OC)cc(OC)c3Cl)c(=O)n(Cc3cccc(NC(=O)/C=C/CN(C)C)c3)c2n1. The lowest BCUT2D eigenvalue weighted by molar-refractivity contribution is -0.114. The molecule has 0 bridgehead atoms. The lowest BCUT2D eigenvalue weighted by atomic mass is 10.0. The number of ether oxygens (including phenoxy) is 2. The van der Waals surface area contributed by atoms with Gasteiger partial charge in [-0.25, -0.2) is 4.98 Å². The molecule has 0 spiro atoms. The molecule has 13 heteroatoms. The summed E-state index contributed by atoms with van der Waals surface area (Å²) in [6, 6.07) is 16.0. The molecular weight excluding hydrogens is 703 g/mol. The molecular formula is C39H38Cl2N6O5. The third-order valence-electron chi connectivity index (χ3n) is 8.13. The zero-order valence-electron chi connectivity index (χ0n) is 29.4. The average molecular weight is 742 g/mol. The number of halogens is 2. The van der Waals surface area contributed by atoms with E-state index in [1.807, 2.05) is 50.2 Å². The molecule has 11 nitrogen and oxygen atoms in total. The summed E-state index contributed by atoms with van der Waals surface area (Å²) in [7, 11) is 6.73. The number of benzene rings is 3. The number of carbonyl (C=O) groups excluding carboxylic acids is 2. The van der Waals surface area contributed by atoms with Crippen molar-refractivity contribution in [3.05, 3.63) is 123 Å². The minimum atomic E-state index is -0.453. The van der Waals surface area contributed by atoms with Crippen molar-refractivity contribution in [1.82, 2.24) is 19.4 Å². The monoisotopic (exact) mass is 740 g/mol. The number of amides is 1. The molecule has 0 atom stereocenters. The van der Waals surface area contributed by atoms with E-state index in [1.165, 1.54) is 30.9 Å². The maximum absolute atomic E-state index is 14.6. The van der Waals surface area contributed by atoms with Gasteiger partial charge in [0.2, 0.25) is 11.9 Å². The Bertz CT molecular complexity index is 2240. The molecule has 2 N–H and O–H groups in total. The maximum Gasteiger partial charge on any atom is 0.260 e. The Labute approximate surface area is 311 Å². The summed E-state index contributed by atoms with van der Waals surface area (Å²) in [5.41, 5.74) is 3.80. The van der Waals surface area contributed by atoms with Crippen molar-refractivity contribution in [3.8, 4) is 22.6 Å². The predicted molar refractivity (Wildman–Crippen MR) is 208 cm³/mol. The van der Waals surface area contributed by atoms with Gasteiger partial charge in [-0.05, 0) is 62.0 Å². The molecule has 268 valence electrons. The first kappa shape index (κ1) is 37.8. The number of methoxy groups -OCH3 is 2. The topological polar surface area (TPSA) is 128 Å². The number of carbonyl (C=O) groups is 2. The van der Waals surface area contributed by atoms with Crippen LogP contribution in [0.15, 0.2) is 90.4 Å². The molecule has 3 aromatic carbocycles. The van der Waals surface area contributed by atoms with Crippen LogP contribution in [-0.4, -0.2) is 66.0 Å². The molecule has 2 heterocycles. The molecule has 0 saturated carbocycles. The zero-order valence-corrected chi connectivity index (χ0v) is 30.9. The number of para-hydroxylation sites is 1. The summed E-state index contributed by atoms with van der Waals surface area (Å²) in [4.78, 5) is 50.8. The van der Waals surface area contributed by atoms with Crippen molar-refractivity contribution >= 4 is 63.2 Å². The van der Waals surface area contributed by atoms with Crippen molar-refractivity contribution in [1.29, 1.82) is 0 Å². The van der Waals surface area contributed by atoms with Gasteiger partial charge in [-0.3, -0.25) is 19.0 Å². The zero-order chi connectivity index (χ0) is 37.5. The van der Waals surface area contributed by atoms with Crippen LogP contribution in [0.1, 0.15) is 16.7 Å². The number of aromatic nitrogens is 3. The fourth-order valence-electron chi connectivity index (χ4n) is 5.58. The van der Waals surface area contributed by atoms with E-state index in [9.17, 15) is 14.4 Å². The summed E-state index contributed by atoms with van der Waals surface area (Å²) < 4.78 is 12.5. The van der Waals surface area contributed by atoms with Crippen LogP contribution in [0.4, 0.5) is 17.3 Å². The minimum absolute atomic E-state index is 0.0552. The van der Waals surface area contributed by atoms with Crippen LogP contribution in [0.2, 0.25) is 10.0 Å². The molecule has 5 aromatic rings. The maximum atomic E-state index is 14.6. The third-order valence-corrected chi connectivity index (χ3v) is 8.88. The second-order valence-corrected chi connectivity index (χ2v) is 12.9. The number of rotatable bonds is 14. The van der Waals surface area contributed by atoms with Crippen LogP contribution >= 0.6 is 23.2 Å². The van der Waals surface area contributed by atoms with E-state index in [1.54, 1.807) is 42.6 Å². The summed E-state index contributed by atoms with van der Waals surface area (Å²) in [6.07, 6.45) is 6.25. The number of hydrogen-bond acceptors (Lipinski definition) is 9. The highest BCUT2D eigenvalue weighted by molar-refractivity contribution is 6.41. The highest BCUT2D eigenvalue weighted by Gasteiger charge is 2.24. The molecule has 5 rings (SSSR count). The molecule has 1 amide bonds. The first-order valence-electron chi connectivity index (χ1n) is 16.2. The lowest BCUT2D eigenvalue weighted by Gasteiger charge is -2.18. The standard InChI is InChI=1S/C39H38Cl2N6O5/c1-7-28(48)18-25-13-8-11-23(2)36(25)44-39-42-21-26-19-29(33-34(40)30(51-5)20-31(52-6)35(33)41)38(50)47(37(26)45-39)22-24-12-9-14-27(17-24)43-32(49)15-10-16-46(3)4/h7-15,17,19-21H,1,16,18,22H2,2-6H3,(H,43,49)(H,42,44,45)/b15-10+. The second-order valence-electron chi connectivity index (χ2n) is 12.1. The Morgan fingerprint density at radius 3 is 2.40 bits per heavy atom. The largest absolute Gasteiger partial charge is 0.495 e. The van der Waals surface area contributed by atoms with Crippen molar-refractivity contribution in [2.75, 3.05) is 45.5 Å². The number of anilines is 3. The number of ketones is 1. The molecule has 0 radical (unpaired) electrons. The van der Waals surface area contributed by atoms with Gasteiger partial charge in [0.15, 0.2) is 5.78 Å². The fourth-order valence-corrected chi connectivity index (χ4v) is 6.28. The second kappa shape index (κ2) is 16.7. The van der Waals surface area contributed by atoms with E-state index in [4.69, 9.17) is 37.7 Å². The number of aryl methyl sites for hydroxylation is 1. The Hall–Kier alpha value is -5.49. The first-order valence-corrected chi connectivity index (χ1v) is 16.9. The van der Waals surface area contributed by atoms with Crippen LogP contribution in [0.5, 0.6) is 11.5 Å². The van der Waals surface area contributed by atoms with Gasteiger partial charge in [-0.1, -0.05) is 66.2 Å². The van der Waals surface area contributed by atoms with Gasteiger partial charge in [0, 0.05) is 53.6 Å². The van der Waals surface area contributed by atoms with Crippen LogP contribution in [0.3, 0.4) is 0 Å². The van der Waals surface area contributed by atoms with Gasteiger partial charge in [-0.2, -0.15) is 4.98 Å². The van der Waals surface area contributed by atoms with Crippen LogP contribution < -0.4 is 25.7 Å². The Balaban J connectivity index is 1.66. The minimum Gasteiger partial charge on any atom is -0.495 e. The molecule has 2 aromatic heterocycles. The normalized spacial score (nSPS) is 11.2. The van der Waals surface area contributed by atoms with E-state index >= 15 is 0 Å². The van der Waals surface area contributed by atoms with Gasteiger partial charge in [0.1, 0.15) is 17.1 Å². The predicted octanol–water partition coefficient (Wildman–Crippen LogP) is 7.24. The summed E-state index contributed by atoms with van der Waals surface area (Å²) >= 11 is 13.6. The smallest absolute Gasteiger partial charge is 0.260 e. The van der Waals surface area contributed by atoms with E-state index in [0.717, 1.165) is 11.1 Å².